The van der Waals surface area contributed by atoms with Crippen LogP contribution in [0.15, 0.2) is 42.6 Å². The molecule has 0 spiro atoms. The van der Waals surface area contributed by atoms with Crippen LogP contribution >= 0.6 is 0 Å². The number of benzene rings is 1. The number of aryl methyl sites for hydroxylation is 1. The van der Waals surface area contributed by atoms with Gasteiger partial charge in [0.2, 0.25) is 5.91 Å². The molecule has 1 saturated heterocycles. The van der Waals surface area contributed by atoms with Gasteiger partial charge in [0.05, 0.1) is 6.04 Å². The molecule has 2 N–H and O–H groups in total. The van der Waals surface area contributed by atoms with Crippen LogP contribution in [0.3, 0.4) is 0 Å². The standard InChI is InChI=1S/C24H31N3O2/c1-17-8-9-21(15-25-17)24(29)22(16-27-10-4-5-11-27)26-23(28)14-18-12-19-6-2-3-7-20(19)13-18/h2-3,6-9,15,18,22,24,29H,4-5,10-14,16H2,1H3,(H,26,28)/t22-,24-/m1/s1. The van der Waals surface area contributed by atoms with E-state index in [2.05, 4.69) is 39.5 Å². The third kappa shape index (κ3) is 5.03. The summed E-state index contributed by atoms with van der Waals surface area (Å²) in [5, 5.41) is 14.2. The fraction of sp³-hybridized carbons (Fsp3) is 0.500. The lowest BCUT2D eigenvalue weighted by Gasteiger charge is -2.29. The Hall–Kier alpha value is -2.24. The second-order valence-corrected chi connectivity index (χ2v) is 8.61. The van der Waals surface area contributed by atoms with Crippen LogP contribution in [0.5, 0.6) is 0 Å². The summed E-state index contributed by atoms with van der Waals surface area (Å²) in [5.74, 6) is 0.379. The van der Waals surface area contributed by atoms with Crippen LogP contribution < -0.4 is 5.32 Å². The molecule has 2 aliphatic rings. The Morgan fingerprint density at radius 2 is 1.86 bits per heavy atom. The number of aliphatic hydroxyl groups is 1. The molecule has 0 radical (unpaired) electrons. The van der Waals surface area contributed by atoms with Gasteiger partial charge in [-0.05, 0) is 68.8 Å². The molecule has 1 aromatic carbocycles. The first-order valence-electron chi connectivity index (χ1n) is 10.8. The molecule has 2 aromatic rings. The van der Waals surface area contributed by atoms with E-state index in [1.54, 1.807) is 6.20 Å². The molecular formula is C24H31N3O2. The highest BCUT2D eigenvalue weighted by Gasteiger charge is 2.29. The molecule has 0 unspecified atom stereocenters. The number of hydrogen-bond donors (Lipinski definition) is 2. The van der Waals surface area contributed by atoms with E-state index in [9.17, 15) is 9.90 Å². The second kappa shape index (κ2) is 9.06. The highest BCUT2D eigenvalue weighted by molar-refractivity contribution is 5.77. The summed E-state index contributed by atoms with van der Waals surface area (Å²) in [7, 11) is 0. The third-order valence-electron chi connectivity index (χ3n) is 6.27. The first-order chi connectivity index (χ1) is 14.1. The number of aromatic nitrogens is 1. The molecule has 1 aliphatic heterocycles. The number of aliphatic hydroxyl groups excluding tert-OH is 1. The second-order valence-electron chi connectivity index (χ2n) is 8.61. The average molecular weight is 394 g/mol. The van der Waals surface area contributed by atoms with E-state index in [4.69, 9.17) is 0 Å². The summed E-state index contributed by atoms with van der Waals surface area (Å²) in [4.78, 5) is 19.5. The van der Waals surface area contributed by atoms with Crippen LogP contribution in [-0.2, 0) is 17.6 Å². The Bertz CT molecular complexity index is 805. The summed E-state index contributed by atoms with van der Waals surface area (Å²) in [6.07, 6.45) is 5.76. The van der Waals surface area contributed by atoms with Gasteiger partial charge in [0.1, 0.15) is 6.10 Å². The van der Waals surface area contributed by atoms with Crippen molar-refractivity contribution in [3.63, 3.8) is 0 Å². The van der Waals surface area contributed by atoms with Gasteiger partial charge >= 0.3 is 0 Å². The van der Waals surface area contributed by atoms with Crippen molar-refractivity contribution in [1.29, 1.82) is 0 Å². The molecular weight excluding hydrogens is 362 g/mol. The van der Waals surface area contributed by atoms with Crippen molar-refractivity contribution >= 4 is 5.91 Å². The van der Waals surface area contributed by atoms with Gasteiger partial charge in [0.15, 0.2) is 0 Å². The number of amides is 1. The number of likely N-dealkylation sites (tertiary alicyclic amines) is 1. The lowest BCUT2D eigenvalue weighted by atomic mass is 9.99. The Kier molecular flexibility index (Phi) is 6.26. The number of hydrogen-bond acceptors (Lipinski definition) is 4. The van der Waals surface area contributed by atoms with Crippen LogP contribution in [0.1, 0.15) is 47.8 Å². The number of nitrogens with zero attached hydrogens (tertiary/aromatic N) is 2. The molecule has 5 heteroatoms. The number of carbonyl (C=O) groups is 1. The summed E-state index contributed by atoms with van der Waals surface area (Å²) in [6, 6.07) is 12.0. The molecule has 1 aromatic heterocycles. The smallest absolute Gasteiger partial charge is 0.220 e. The summed E-state index contributed by atoms with van der Waals surface area (Å²) >= 11 is 0. The van der Waals surface area contributed by atoms with E-state index in [1.807, 2.05) is 19.1 Å². The average Bonchev–Trinajstić information content (AvgIpc) is 3.36. The zero-order chi connectivity index (χ0) is 20.2. The van der Waals surface area contributed by atoms with Gasteiger partial charge in [-0.25, -0.2) is 0 Å². The maximum atomic E-state index is 12.9. The van der Waals surface area contributed by atoms with E-state index in [0.717, 1.165) is 37.2 Å². The van der Waals surface area contributed by atoms with Crippen molar-refractivity contribution in [2.45, 2.75) is 51.2 Å². The Morgan fingerprint density at radius 1 is 1.17 bits per heavy atom. The molecule has 4 rings (SSSR count). The molecule has 0 saturated carbocycles. The van der Waals surface area contributed by atoms with Crippen molar-refractivity contribution in [2.24, 2.45) is 5.92 Å². The largest absolute Gasteiger partial charge is 0.386 e. The molecule has 2 heterocycles. The lowest BCUT2D eigenvalue weighted by Crippen LogP contribution is -2.47. The molecule has 1 amide bonds. The first-order valence-corrected chi connectivity index (χ1v) is 10.8. The highest BCUT2D eigenvalue weighted by Crippen LogP contribution is 2.29. The molecule has 154 valence electrons. The zero-order valence-corrected chi connectivity index (χ0v) is 17.2. The van der Waals surface area contributed by atoms with Crippen LogP contribution in [0.4, 0.5) is 0 Å². The fourth-order valence-electron chi connectivity index (χ4n) is 4.68. The van der Waals surface area contributed by atoms with Crippen LogP contribution in [0.25, 0.3) is 0 Å². The molecule has 2 atom stereocenters. The number of nitrogens with one attached hydrogen (secondary N) is 1. The lowest BCUT2D eigenvalue weighted by molar-refractivity contribution is -0.123. The minimum Gasteiger partial charge on any atom is -0.386 e. The molecule has 5 nitrogen and oxygen atoms in total. The normalized spacial score (nSPS) is 19.1. The van der Waals surface area contributed by atoms with Crippen molar-refractivity contribution in [1.82, 2.24) is 15.2 Å². The summed E-state index contributed by atoms with van der Waals surface area (Å²) < 4.78 is 0. The molecule has 0 bridgehead atoms. The van der Waals surface area contributed by atoms with Crippen molar-refractivity contribution in [3.8, 4) is 0 Å². The SMILES string of the molecule is Cc1ccc([C@@H](O)[C@@H](CN2CCCC2)NC(=O)CC2Cc3ccccc3C2)cn1. The van der Waals surface area contributed by atoms with Crippen LogP contribution in [0, 0.1) is 12.8 Å². The van der Waals surface area contributed by atoms with Crippen molar-refractivity contribution in [2.75, 3.05) is 19.6 Å². The van der Waals surface area contributed by atoms with Crippen LogP contribution in [0.2, 0.25) is 0 Å². The quantitative estimate of drug-likeness (QED) is 0.759. The summed E-state index contributed by atoms with van der Waals surface area (Å²) in [5.41, 5.74) is 4.41. The van der Waals surface area contributed by atoms with Crippen LogP contribution in [-0.4, -0.2) is 46.6 Å². The Labute approximate surface area is 173 Å². The topological polar surface area (TPSA) is 65.5 Å². The third-order valence-corrected chi connectivity index (χ3v) is 6.27. The van der Waals surface area contributed by atoms with Gasteiger partial charge in [-0.2, -0.15) is 0 Å². The van der Waals surface area contributed by atoms with Crippen molar-refractivity contribution in [3.05, 3.63) is 65.0 Å². The number of rotatable bonds is 7. The van der Waals surface area contributed by atoms with Crippen molar-refractivity contribution < 1.29 is 9.90 Å². The van der Waals surface area contributed by atoms with E-state index in [1.165, 1.54) is 24.0 Å². The van der Waals surface area contributed by atoms with E-state index in [0.29, 0.717) is 18.9 Å². The van der Waals surface area contributed by atoms with Gasteiger partial charge in [0, 0.05) is 30.4 Å². The number of fused-ring (bicyclic) bond motifs is 1. The minimum absolute atomic E-state index is 0.0334. The minimum atomic E-state index is -0.756. The maximum Gasteiger partial charge on any atom is 0.220 e. The molecule has 1 fully saturated rings. The number of carbonyl (C=O) groups excluding carboxylic acids is 1. The van der Waals surface area contributed by atoms with Gasteiger partial charge in [-0.3, -0.25) is 9.78 Å². The monoisotopic (exact) mass is 393 g/mol. The maximum absolute atomic E-state index is 12.9. The highest BCUT2D eigenvalue weighted by atomic mass is 16.3. The predicted octanol–water partition coefficient (Wildman–Crippen LogP) is 2.81. The van der Waals surface area contributed by atoms with Gasteiger partial charge in [-0.15, -0.1) is 0 Å². The van der Waals surface area contributed by atoms with Gasteiger partial charge < -0.3 is 15.3 Å². The van der Waals surface area contributed by atoms with E-state index in [-0.39, 0.29) is 11.9 Å². The van der Waals surface area contributed by atoms with Gasteiger partial charge in [-0.1, -0.05) is 30.3 Å². The van der Waals surface area contributed by atoms with E-state index < -0.39 is 6.10 Å². The molecule has 29 heavy (non-hydrogen) atoms. The fourth-order valence-corrected chi connectivity index (χ4v) is 4.68. The summed E-state index contributed by atoms with van der Waals surface area (Å²) in [6.45, 7) is 4.66. The Balaban J connectivity index is 1.40. The van der Waals surface area contributed by atoms with E-state index >= 15 is 0 Å². The van der Waals surface area contributed by atoms with Gasteiger partial charge in [0.25, 0.3) is 0 Å². The first kappa shape index (κ1) is 20.0. The zero-order valence-electron chi connectivity index (χ0n) is 17.2. The molecule has 1 aliphatic carbocycles. The Morgan fingerprint density at radius 3 is 2.48 bits per heavy atom. The number of pyridine rings is 1. The predicted molar refractivity (Wildman–Crippen MR) is 113 cm³/mol.